The maximum Gasteiger partial charge on any atom is 0.229 e. The number of hydrogen-bond acceptors (Lipinski definition) is 3. The van der Waals surface area contributed by atoms with Crippen LogP contribution in [0.3, 0.4) is 0 Å². The predicted molar refractivity (Wildman–Crippen MR) is 108 cm³/mol. The molecule has 142 valence electrons. The molecular formula is C22H21ClN4O. The Morgan fingerprint density at radius 1 is 1.25 bits per heavy atom. The van der Waals surface area contributed by atoms with E-state index in [0.717, 1.165) is 27.8 Å². The molecule has 1 spiro atoms. The van der Waals surface area contributed by atoms with Crippen LogP contribution in [0.25, 0.3) is 10.8 Å². The molecule has 3 aliphatic carbocycles. The Labute approximate surface area is 168 Å². The lowest BCUT2D eigenvalue weighted by molar-refractivity contribution is -0.117. The molecule has 0 bridgehead atoms. The number of pyridine rings is 1. The second-order valence-electron chi connectivity index (χ2n) is 8.79. The minimum Gasteiger partial charge on any atom is -0.310 e. The third kappa shape index (κ3) is 2.64. The number of rotatable bonds is 4. The molecule has 1 amide bonds. The Kier molecular flexibility index (Phi) is 3.29. The monoisotopic (exact) mass is 392 g/mol. The summed E-state index contributed by atoms with van der Waals surface area (Å²) in [4.78, 5) is 17.1. The summed E-state index contributed by atoms with van der Waals surface area (Å²) in [5.41, 5.74) is 2.95. The molecule has 3 atom stereocenters. The number of hydrogen-bond donors (Lipinski definition) is 1. The van der Waals surface area contributed by atoms with Gasteiger partial charge in [-0.3, -0.25) is 9.48 Å². The molecule has 2 unspecified atom stereocenters. The second-order valence-corrected chi connectivity index (χ2v) is 9.20. The first-order chi connectivity index (χ1) is 13.5. The number of carbonyl (C=O) groups excluding carboxylic acids is 1. The number of nitrogens with zero attached hydrogens (tertiary/aromatic N) is 3. The molecule has 1 N–H and O–H groups in total. The minimum absolute atomic E-state index is 0.00339. The van der Waals surface area contributed by atoms with Crippen LogP contribution in [0.15, 0.2) is 36.8 Å². The summed E-state index contributed by atoms with van der Waals surface area (Å²) in [6.45, 7) is 0. The van der Waals surface area contributed by atoms with Gasteiger partial charge in [0, 0.05) is 35.8 Å². The third-order valence-electron chi connectivity index (χ3n) is 6.83. The van der Waals surface area contributed by atoms with Crippen molar-refractivity contribution in [1.29, 1.82) is 0 Å². The van der Waals surface area contributed by atoms with E-state index in [1.165, 1.54) is 24.8 Å². The predicted octanol–water partition coefficient (Wildman–Crippen LogP) is 4.63. The standard InChI is InChI=1S/C22H21ClN4O/c1-27-11-14(10-25-27)15-7-16(15)21(28)26-20-6-12-4-17(18-8-22(18)2-3-22)19(23)5-13(12)9-24-20/h4-6,9-11,15-16,18H,2-3,7-8H2,1H3,(H,24,26,28)/t15?,16?,18-/m0/s1. The van der Waals surface area contributed by atoms with Gasteiger partial charge in [-0.2, -0.15) is 5.10 Å². The van der Waals surface area contributed by atoms with E-state index >= 15 is 0 Å². The largest absolute Gasteiger partial charge is 0.310 e. The molecule has 2 aromatic heterocycles. The third-order valence-corrected chi connectivity index (χ3v) is 7.15. The molecule has 3 aliphatic rings. The molecule has 6 rings (SSSR count). The fourth-order valence-electron chi connectivity index (χ4n) is 4.72. The lowest BCUT2D eigenvalue weighted by Crippen LogP contribution is -2.15. The van der Waals surface area contributed by atoms with Crippen LogP contribution in [0.5, 0.6) is 0 Å². The quantitative estimate of drug-likeness (QED) is 0.704. The molecule has 2 heterocycles. The normalized spacial score (nSPS) is 26.4. The summed E-state index contributed by atoms with van der Waals surface area (Å²) in [5, 5.41) is 10.1. The first kappa shape index (κ1) is 16.5. The van der Waals surface area contributed by atoms with Gasteiger partial charge in [-0.1, -0.05) is 11.6 Å². The fourth-order valence-corrected chi connectivity index (χ4v) is 5.03. The van der Waals surface area contributed by atoms with Crippen molar-refractivity contribution < 1.29 is 4.79 Å². The zero-order valence-electron chi connectivity index (χ0n) is 15.7. The van der Waals surface area contributed by atoms with Crippen molar-refractivity contribution >= 4 is 34.1 Å². The van der Waals surface area contributed by atoms with Crippen LogP contribution in [-0.2, 0) is 11.8 Å². The SMILES string of the molecule is Cn1cc(C2CC2C(=O)Nc2cc3cc([C@@H]4CC45CC5)c(Cl)cc3cn2)cn1. The van der Waals surface area contributed by atoms with Gasteiger partial charge in [-0.15, -0.1) is 0 Å². The number of nitrogens with one attached hydrogen (secondary N) is 1. The van der Waals surface area contributed by atoms with Crippen molar-refractivity contribution in [3.05, 3.63) is 52.9 Å². The highest BCUT2D eigenvalue weighted by Gasteiger charge is 2.63. The van der Waals surface area contributed by atoms with Gasteiger partial charge in [-0.05, 0) is 77.6 Å². The highest BCUT2D eigenvalue weighted by molar-refractivity contribution is 6.32. The van der Waals surface area contributed by atoms with Crippen LogP contribution in [0.4, 0.5) is 5.82 Å². The zero-order valence-corrected chi connectivity index (χ0v) is 16.4. The van der Waals surface area contributed by atoms with E-state index in [1.807, 2.05) is 31.6 Å². The summed E-state index contributed by atoms with van der Waals surface area (Å²) in [6, 6.07) is 6.18. The molecule has 0 aliphatic heterocycles. The number of carbonyl (C=O) groups is 1. The lowest BCUT2D eigenvalue weighted by Gasteiger charge is -2.09. The lowest BCUT2D eigenvalue weighted by atomic mass is 10.0. The van der Waals surface area contributed by atoms with Gasteiger partial charge >= 0.3 is 0 Å². The topological polar surface area (TPSA) is 59.8 Å². The first-order valence-corrected chi connectivity index (χ1v) is 10.3. The van der Waals surface area contributed by atoms with Crippen LogP contribution < -0.4 is 5.32 Å². The van der Waals surface area contributed by atoms with Gasteiger partial charge in [0.25, 0.3) is 0 Å². The molecule has 1 aromatic carbocycles. The summed E-state index contributed by atoms with van der Waals surface area (Å²) in [5.74, 6) is 1.53. The summed E-state index contributed by atoms with van der Waals surface area (Å²) in [6.07, 6.45) is 10.4. The molecule has 6 heteroatoms. The Morgan fingerprint density at radius 3 is 2.82 bits per heavy atom. The minimum atomic E-state index is 0.00339. The van der Waals surface area contributed by atoms with E-state index in [9.17, 15) is 4.79 Å². The van der Waals surface area contributed by atoms with Crippen LogP contribution >= 0.6 is 11.6 Å². The number of anilines is 1. The van der Waals surface area contributed by atoms with E-state index < -0.39 is 0 Å². The molecular weight excluding hydrogens is 372 g/mol. The van der Waals surface area contributed by atoms with E-state index in [2.05, 4.69) is 21.5 Å². The van der Waals surface area contributed by atoms with Gasteiger partial charge in [0.1, 0.15) is 5.82 Å². The number of amides is 1. The van der Waals surface area contributed by atoms with Crippen molar-refractivity contribution in [2.75, 3.05) is 5.32 Å². The molecule has 3 aromatic rings. The second kappa shape index (κ2) is 5.57. The number of fused-ring (bicyclic) bond motifs is 1. The Hall–Kier alpha value is -2.40. The van der Waals surface area contributed by atoms with E-state index in [0.29, 0.717) is 17.2 Å². The van der Waals surface area contributed by atoms with Crippen molar-refractivity contribution in [2.24, 2.45) is 18.4 Å². The van der Waals surface area contributed by atoms with Crippen LogP contribution in [-0.4, -0.2) is 20.7 Å². The molecule has 0 saturated heterocycles. The van der Waals surface area contributed by atoms with E-state index in [1.54, 1.807) is 10.9 Å². The van der Waals surface area contributed by atoms with Crippen LogP contribution in [0.1, 0.15) is 48.6 Å². The molecule has 3 fully saturated rings. The zero-order chi connectivity index (χ0) is 19.0. The smallest absolute Gasteiger partial charge is 0.229 e. The van der Waals surface area contributed by atoms with Gasteiger partial charge in [0.2, 0.25) is 5.91 Å². The summed E-state index contributed by atoms with van der Waals surface area (Å²) < 4.78 is 1.78. The summed E-state index contributed by atoms with van der Waals surface area (Å²) in [7, 11) is 1.90. The Bertz CT molecular complexity index is 1130. The maximum absolute atomic E-state index is 12.6. The van der Waals surface area contributed by atoms with E-state index in [4.69, 9.17) is 11.6 Å². The Balaban J connectivity index is 1.22. The molecule has 3 saturated carbocycles. The van der Waals surface area contributed by atoms with Crippen molar-refractivity contribution in [3.63, 3.8) is 0 Å². The van der Waals surface area contributed by atoms with E-state index in [-0.39, 0.29) is 17.7 Å². The fraction of sp³-hybridized carbons (Fsp3) is 0.409. The number of aryl methyl sites for hydroxylation is 1. The van der Waals surface area contributed by atoms with Crippen LogP contribution in [0, 0.1) is 11.3 Å². The van der Waals surface area contributed by atoms with Gasteiger partial charge in [-0.25, -0.2) is 4.98 Å². The van der Waals surface area contributed by atoms with Gasteiger partial charge in [0.05, 0.1) is 6.20 Å². The first-order valence-electron chi connectivity index (χ1n) is 9.91. The average Bonchev–Trinajstić information content (AvgIpc) is 3.60. The maximum atomic E-state index is 12.6. The van der Waals surface area contributed by atoms with Gasteiger partial charge < -0.3 is 5.32 Å². The van der Waals surface area contributed by atoms with Crippen molar-refractivity contribution in [2.45, 2.75) is 37.5 Å². The summed E-state index contributed by atoms with van der Waals surface area (Å²) >= 11 is 6.54. The van der Waals surface area contributed by atoms with Crippen molar-refractivity contribution in [3.8, 4) is 0 Å². The molecule has 0 radical (unpaired) electrons. The van der Waals surface area contributed by atoms with Crippen molar-refractivity contribution in [1.82, 2.24) is 14.8 Å². The Morgan fingerprint density at radius 2 is 2.11 bits per heavy atom. The molecule has 28 heavy (non-hydrogen) atoms. The average molecular weight is 393 g/mol. The molecule has 5 nitrogen and oxygen atoms in total. The highest BCUT2D eigenvalue weighted by atomic mass is 35.5. The number of halogens is 1. The number of benzene rings is 1. The van der Waals surface area contributed by atoms with Crippen LogP contribution in [0.2, 0.25) is 5.02 Å². The van der Waals surface area contributed by atoms with Gasteiger partial charge in [0.15, 0.2) is 0 Å². The highest BCUT2D eigenvalue weighted by Crippen LogP contribution is 2.75. The number of aromatic nitrogens is 3.